The maximum absolute atomic E-state index is 12.6. The number of amides is 2. The predicted molar refractivity (Wildman–Crippen MR) is 121 cm³/mol. The van der Waals surface area contributed by atoms with Crippen LogP contribution in [0.1, 0.15) is 51.4 Å². The molecule has 1 aromatic heterocycles. The first-order chi connectivity index (χ1) is 15.6. The van der Waals surface area contributed by atoms with Crippen LogP contribution >= 0.6 is 0 Å². The van der Waals surface area contributed by atoms with E-state index in [-0.39, 0.29) is 17.2 Å². The second-order valence-electron chi connectivity index (χ2n) is 10.5. The summed E-state index contributed by atoms with van der Waals surface area (Å²) in [6, 6.07) is 8.60. The van der Waals surface area contributed by atoms with Gasteiger partial charge in [-0.3, -0.25) is 19.4 Å². The van der Waals surface area contributed by atoms with Gasteiger partial charge in [0.25, 0.3) is 0 Å². The number of hydrogen-bond acceptors (Lipinski definition) is 6. The normalized spacial score (nSPS) is 28.2. The van der Waals surface area contributed by atoms with Crippen molar-refractivity contribution in [2.24, 2.45) is 11.3 Å². The molecule has 4 heterocycles. The van der Waals surface area contributed by atoms with Crippen molar-refractivity contribution in [3.05, 3.63) is 24.3 Å². The van der Waals surface area contributed by atoms with E-state index in [0.717, 1.165) is 75.1 Å². The summed E-state index contributed by atoms with van der Waals surface area (Å²) in [6.07, 6.45) is 7.71. The summed E-state index contributed by atoms with van der Waals surface area (Å²) in [4.78, 5) is 31.8. The van der Waals surface area contributed by atoms with E-state index in [9.17, 15) is 9.59 Å². The summed E-state index contributed by atoms with van der Waals surface area (Å²) >= 11 is 0. The number of likely N-dealkylation sites (tertiary alicyclic amines) is 1. The Morgan fingerprint density at radius 2 is 1.84 bits per heavy atom. The molecular weight excluding hydrogens is 404 g/mol. The standard InChI is InChI=1S/C25H32N4O3/c30-22-14-25(9-3-10-25)15-23(31)29(22)11-8-18-6-7-19-17-28(13-12-27(19)16-18)24-20-4-1-2-5-21(20)32-26-24/h1-2,4-5,18-19H,3,6-17H2/t18-,19-/m0/s1. The zero-order valence-corrected chi connectivity index (χ0v) is 18.7. The van der Waals surface area contributed by atoms with Crippen LogP contribution in [0.25, 0.3) is 11.0 Å². The molecule has 170 valence electrons. The molecule has 4 aliphatic rings. The van der Waals surface area contributed by atoms with Gasteiger partial charge in [0.2, 0.25) is 11.8 Å². The zero-order chi connectivity index (χ0) is 21.7. The van der Waals surface area contributed by atoms with Crippen LogP contribution in [0.15, 0.2) is 28.8 Å². The summed E-state index contributed by atoms with van der Waals surface area (Å²) in [7, 11) is 0. The van der Waals surface area contributed by atoms with Crippen molar-refractivity contribution in [2.45, 2.75) is 57.4 Å². The molecule has 1 aromatic carbocycles. The molecule has 3 aliphatic heterocycles. The lowest BCUT2D eigenvalue weighted by atomic mass is 9.63. The maximum Gasteiger partial charge on any atom is 0.229 e. The average Bonchev–Trinajstić information content (AvgIpc) is 3.21. The summed E-state index contributed by atoms with van der Waals surface area (Å²) in [5.74, 6) is 1.67. The quantitative estimate of drug-likeness (QED) is 0.684. The van der Waals surface area contributed by atoms with Crippen molar-refractivity contribution >= 4 is 28.6 Å². The van der Waals surface area contributed by atoms with E-state index < -0.39 is 0 Å². The number of nitrogens with zero attached hydrogens (tertiary/aromatic N) is 4. The lowest BCUT2D eigenvalue weighted by molar-refractivity contribution is -0.156. The molecule has 0 radical (unpaired) electrons. The summed E-state index contributed by atoms with van der Waals surface area (Å²) in [6.45, 7) is 4.62. The van der Waals surface area contributed by atoms with E-state index in [4.69, 9.17) is 4.52 Å². The molecule has 1 aliphatic carbocycles. The SMILES string of the molecule is O=C1CC2(CCC2)CC(=O)N1CC[C@@H]1CC[C@H]2CN(c3noc4ccccc34)CCN2C1. The molecule has 3 saturated heterocycles. The van der Waals surface area contributed by atoms with E-state index in [2.05, 4.69) is 21.0 Å². The highest BCUT2D eigenvalue weighted by Crippen LogP contribution is 2.49. The van der Waals surface area contributed by atoms with E-state index in [1.165, 1.54) is 6.42 Å². The number of imide groups is 1. The van der Waals surface area contributed by atoms with Crippen LogP contribution in [-0.2, 0) is 9.59 Å². The van der Waals surface area contributed by atoms with E-state index in [1.54, 1.807) is 4.90 Å². The van der Waals surface area contributed by atoms with Crippen molar-refractivity contribution in [1.82, 2.24) is 15.0 Å². The summed E-state index contributed by atoms with van der Waals surface area (Å²) < 4.78 is 5.52. The number of carbonyl (C=O) groups is 2. The monoisotopic (exact) mass is 436 g/mol. The predicted octanol–water partition coefficient (Wildman–Crippen LogP) is 3.44. The number of rotatable bonds is 4. The molecule has 1 saturated carbocycles. The molecule has 0 unspecified atom stereocenters. The molecule has 7 heteroatoms. The van der Waals surface area contributed by atoms with Crippen molar-refractivity contribution in [2.75, 3.05) is 37.6 Å². The van der Waals surface area contributed by atoms with Crippen molar-refractivity contribution < 1.29 is 14.1 Å². The molecule has 2 atom stereocenters. The molecule has 32 heavy (non-hydrogen) atoms. The highest BCUT2D eigenvalue weighted by Gasteiger charge is 2.47. The van der Waals surface area contributed by atoms with Crippen molar-refractivity contribution in [3.8, 4) is 0 Å². The Morgan fingerprint density at radius 1 is 1.03 bits per heavy atom. The number of fused-ring (bicyclic) bond motifs is 2. The van der Waals surface area contributed by atoms with Crippen LogP contribution in [0.5, 0.6) is 0 Å². The second-order valence-corrected chi connectivity index (χ2v) is 10.5. The third kappa shape index (κ3) is 3.51. The smallest absolute Gasteiger partial charge is 0.229 e. The number of anilines is 1. The average molecular weight is 437 g/mol. The third-order valence-electron chi connectivity index (χ3n) is 8.49. The van der Waals surface area contributed by atoms with Gasteiger partial charge in [0.1, 0.15) is 0 Å². The van der Waals surface area contributed by atoms with E-state index in [0.29, 0.717) is 31.3 Å². The molecule has 2 amide bonds. The largest absolute Gasteiger partial charge is 0.354 e. The van der Waals surface area contributed by atoms with Gasteiger partial charge in [-0.2, -0.15) is 0 Å². The Bertz CT molecular complexity index is 1010. The van der Waals surface area contributed by atoms with Crippen molar-refractivity contribution in [1.29, 1.82) is 0 Å². The van der Waals surface area contributed by atoms with Gasteiger partial charge in [-0.1, -0.05) is 23.7 Å². The minimum absolute atomic E-state index is 0.0254. The first-order valence-corrected chi connectivity index (χ1v) is 12.3. The Labute approximate surface area is 188 Å². The lowest BCUT2D eigenvalue weighted by Crippen LogP contribution is -2.57. The van der Waals surface area contributed by atoms with Crippen molar-refractivity contribution in [3.63, 3.8) is 0 Å². The summed E-state index contributed by atoms with van der Waals surface area (Å²) in [5, 5.41) is 5.44. The van der Waals surface area contributed by atoms with Gasteiger partial charge in [0.15, 0.2) is 11.4 Å². The molecule has 0 bridgehead atoms. The first kappa shape index (κ1) is 20.2. The van der Waals surface area contributed by atoms with Gasteiger partial charge in [-0.05, 0) is 55.6 Å². The molecule has 4 fully saturated rings. The fourth-order valence-corrected chi connectivity index (χ4v) is 6.41. The second kappa shape index (κ2) is 7.87. The first-order valence-electron chi connectivity index (χ1n) is 12.3. The number of carbonyl (C=O) groups excluding carboxylic acids is 2. The van der Waals surface area contributed by atoms with Gasteiger partial charge < -0.3 is 9.42 Å². The van der Waals surface area contributed by atoms with Crippen LogP contribution in [0.3, 0.4) is 0 Å². The molecule has 2 aromatic rings. The fourth-order valence-electron chi connectivity index (χ4n) is 6.41. The fraction of sp³-hybridized carbons (Fsp3) is 0.640. The number of aromatic nitrogens is 1. The topological polar surface area (TPSA) is 69.9 Å². The molecule has 0 N–H and O–H groups in total. The van der Waals surface area contributed by atoms with Gasteiger partial charge in [0.05, 0.1) is 5.39 Å². The Morgan fingerprint density at radius 3 is 2.62 bits per heavy atom. The van der Waals surface area contributed by atoms with Gasteiger partial charge in [0, 0.05) is 51.6 Å². The van der Waals surface area contributed by atoms with E-state index >= 15 is 0 Å². The van der Waals surface area contributed by atoms with Crippen LogP contribution in [0, 0.1) is 11.3 Å². The van der Waals surface area contributed by atoms with Gasteiger partial charge in [-0.15, -0.1) is 0 Å². The molecule has 1 spiro atoms. The maximum atomic E-state index is 12.6. The minimum Gasteiger partial charge on any atom is -0.354 e. The molecular formula is C25H32N4O3. The minimum atomic E-state index is 0.0254. The highest BCUT2D eigenvalue weighted by molar-refractivity contribution is 5.98. The number of piperidine rings is 2. The Hall–Kier alpha value is -2.41. The van der Waals surface area contributed by atoms with Crippen LogP contribution in [-0.4, -0.2) is 65.5 Å². The lowest BCUT2D eigenvalue weighted by Gasteiger charge is -2.47. The number of benzene rings is 1. The number of piperazine rings is 1. The molecule has 7 nitrogen and oxygen atoms in total. The van der Waals surface area contributed by atoms with Crippen LogP contribution < -0.4 is 4.90 Å². The zero-order valence-electron chi connectivity index (χ0n) is 18.7. The number of hydrogen-bond donors (Lipinski definition) is 0. The highest BCUT2D eigenvalue weighted by atomic mass is 16.5. The third-order valence-corrected chi connectivity index (χ3v) is 8.49. The Balaban J connectivity index is 1.03. The van der Waals surface area contributed by atoms with Gasteiger partial charge >= 0.3 is 0 Å². The van der Waals surface area contributed by atoms with Gasteiger partial charge in [-0.25, -0.2) is 0 Å². The molecule has 6 rings (SSSR count). The van der Waals surface area contributed by atoms with Crippen LogP contribution in [0.2, 0.25) is 0 Å². The van der Waals surface area contributed by atoms with Crippen LogP contribution in [0.4, 0.5) is 5.82 Å². The van der Waals surface area contributed by atoms with E-state index in [1.807, 2.05) is 18.2 Å². The summed E-state index contributed by atoms with van der Waals surface area (Å²) in [5.41, 5.74) is 0.871. The number of para-hydroxylation sites is 1. The Kier molecular flexibility index (Phi) is 4.97.